The predicted molar refractivity (Wildman–Crippen MR) is 76.9 cm³/mol. The standard InChI is InChI=1S/C16H25NO2/c1-12(18)10-17-14-9-15(16(14,2)3)19-11-13-7-5-4-6-8-13/h4-8,12,14-15,17-18H,9-11H2,1-3H3. The van der Waals surface area contributed by atoms with Gasteiger partial charge in [0.25, 0.3) is 0 Å². The molecule has 0 amide bonds. The third kappa shape index (κ3) is 3.56. The van der Waals surface area contributed by atoms with Crippen LogP contribution in [0.15, 0.2) is 30.3 Å². The van der Waals surface area contributed by atoms with Gasteiger partial charge in [-0.2, -0.15) is 0 Å². The molecule has 1 aliphatic carbocycles. The maximum atomic E-state index is 9.32. The first kappa shape index (κ1) is 14.5. The zero-order valence-electron chi connectivity index (χ0n) is 12.1. The lowest BCUT2D eigenvalue weighted by molar-refractivity contribution is -0.125. The highest BCUT2D eigenvalue weighted by molar-refractivity contribution is 5.14. The van der Waals surface area contributed by atoms with Gasteiger partial charge in [0.05, 0.1) is 18.8 Å². The van der Waals surface area contributed by atoms with E-state index in [1.54, 1.807) is 0 Å². The molecule has 3 unspecified atom stereocenters. The molecule has 0 aliphatic heterocycles. The molecule has 106 valence electrons. The normalized spacial score (nSPS) is 26.7. The molecule has 3 heteroatoms. The van der Waals surface area contributed by atoms with Gasteiger partial charge in [0, 0.05) is 18.0 Å². The van der Waals surface area contributed by atoms with E-state index in [9.17, 15) is 5.11 Å². The second-order valence-corrected chi connectivity index (χ2v) is 6.15. The van der Waals surface area contributed by atoms with Gasteiger partial charge >= 0.3 is 0 Å². The van der Waals surface area contributed by atoms with Crippen molar-refractivity contribution in [3.63, 3.8) is 0 Å². The van der Waals surface area contributed by atoms with E-state index in [2.05, 4.69) is 31.3 Å². The van der Waals surface area contributed by atoms with Crippen LogP contribution >= 0.6 is 0 Å². The molecule has 0 radical (unpaired) electrons. The van der Waals surface area contributed by atoms with Gasteiger partial charge in [-0.3, -0.25) is 0 Å². The van der Waals surface area contributed by atoms with E-state index in [1.165, 1.54) is 5.56 Å². The first-order valence-electron chi connectivity index (χ1n) is 7.07. The van der Waals surface area contributed by atoms with Gasteiger partial charge in [0.1, 0.15) is 0 Å². The van der Waals surface area contributed by atoms with E-state index in [0.29, 0.717) is 25.3 Å². The molecule has 1 fully saturated rings. The number of benzene rings is 1. The number of rotatable bonds is 6. The third-order valence-electron chi connectivity index (χ3n) is 4.13. The molecule has 2 N–H and O–H groups in total. The fraction of sp³-hybridized carbons (Fsp3) is 0.625. The Morgan fingerprint density at radius 2 is 2.05 bits per heavy atom. The summed E-state index contributed by atoms with van der Waals surface area (Å²) in [5.41, 5.74) is 1.35. The van der Waals surface area contributed by atoms with Crippen molar-refractivity contribution in [1.29, 1.82) is 0 Å². The summed E-state index contributed by atoms with van der Waals surface area (Å²) in [5, 5.41) is 12.7. The monoisotopic (exact) mass is 263 g/mol. The Kier molecular flexibility index (Phi) is 4.61. The largest absolute Gasteiger partial charge is 0.392 e. The summed E-state index contributed by atoms with van der Waals surface area (Å²) in [6.45, 7) is 7.59. The van der Waals surface area contributed by atoms with Crippen LogP contribution in [0.25, 0.3) is 0 Å². The van der Waals surface area contributed by atoms with Crippen LogP contribution in [0.4, 0.5) is 0 Å². The molecular formula is C16H25NO2. The molecule has 1 aliphatic rings. The Morgan fingerprint density at radius 3 is 2.63 bits per heavy atom. The van der Waals surface area contributed by atoms with E-state index < -0.39 is 0 Å². The number of aliphatic hydroxyl groups is 1. The van der Waals surface area contributed by atoms with E-state index in [-0.39, 0.29) is 11.5 Å². The molecule has 0 spiro atoms. The highest BCUT2D eigenvalue weighted by atomic mass is 16.5. The number of ether oxygens (including phenoxy) is 1. The molecule has 0 heterocycles. The average molecular weight is 263 g/mol. The zero-order chi connectivity index (χ0) is 13.9. The van der Waals surface area contributed by atoms with Crippen LogP contribution in [-0.2, 0) is 11.3 Å². The van der Waals surface area contributed by atoms with Crippen molar-refractivity contribution >= 4 is 0 Å². The molecular weight excluding hydrogens is 238 g/mol. The Hall–Kier alpha value is -0.900. The van der Waals surface area contributed by atoms with Crippen molar-refractivity contribution in [2.45, 2.75) is 52.0 Å². The molecule has 1 aromatic rings. The summed E-state index contributed by atoms with van der Waals surface area (Å²) >= 11 is 0. The molecule has 2 rings (SSSR count). The number of hydrogen-bond acceptors (Lipinski definition) is 3. The lowest BCUT2D eigenvalue weighted by atomic mass is 9.64. The highest BCUT2D eigenvalue weighted by Gasteiger charge is 2.48. The van der Waals surface area contributed by atoms with Gasteiger partial charge in [-0.05, 0) is 18.9 Å². The van der Waals surface area contributed by atoms with E-state index in [0.717, 1.165) is 6.42 Å². The van der Waals surface area contributed by atoms with Gasteiger partial charge in [0.15, 0.2) is 0 Å². The Morgan fingerprint density at radius 1 is 1.37 bits per heavy atom. The molecule has 0 aromatic heterocycles. The Balaban J connectivity index is 1.78. The van der Waals surface area contributed by atoms with Gasteiger partial charge in [0.2, 0.25) is 0 Å². The van der Waals surface area contributed by atoms with Crippen molar-refractivity contribution in [2.75, 3.05) is 6.54 Å². The van der Waals surface area contributed by atoms with Crippen molar-refractivity contribution in [3.05, 3.63) is 35.9 Å². The summed E-state index contributed by atoms with van der Waals surface area (Å²) in [4.78, 5) is 0. The minimum atomic E-state index is -0.292. The van der Waals surface area contributed by atoms with Crippen LogP contribution in [0.1, 0.15) is 32.8 Å². The first-order chi connectivity index (χ1) is 9.00. The Bertz CT molecular complexity index is 389. The summed E-state index contributed by atoms with van der Waals surface area (Å²) in [6, 6.07) is 10.7. The lowest BCUT2D eigenvalue weighted by Crippen LogP contribution is -2.61. The van der Waals surface area contributed by atoms with E-state index >= 15 is 0 Å². The van der Waals surface area contributed by atoms with Gasteiger partial charge in [-0.1, -0.05) is 44.2 Å². The van der Waals surface area contributed by atoms with Crippen LogP contribution in [0.5, 0.6) is 0 Å². The number of hydrogen-bond donors (Lipinski definition) is 2. The lowest BCUT2D eigenvalue weighted by Gasteiger charge is -2.52. The van der Waals surface area contributed by atoms with Crippen molar-refractivity contribution in [3.8, 4) is 0 Å². The maximum Gasteiger partial charge on any atom is 0.0720 e. The SMILES string of the molecule is CC(O)CNC1CC(OCc2ccccc2)C1(C)C. The van der Waals surface area contributed by atoms with Crippen molar-refractivity contribution < 1.29 is 9.84 Å². The van der Waals surface area contributed by atoms with Crippen molar-refractivity contribution in [2.24, 2.45) is 5.41 Å². The maximum absolute atomic E-state index is 9.32. The molecule has 19 heavy (non-hydrogen) atoms. The average Bonchev–Trinajstić information content (AvgIpc) is 2.37. The number of aliphatic hydroxyl groups excluding tert-OH is 1. The van der Waals surface area contributed by atoms with Gasteiger partial charge < -0.3 is 15.2 Å². The molecule has 1 aromatic carbocycles. The van der Waals surface area contributed by atoms with Crippen molar-refractivity contribution in [1.82, 2.24) is 5.32 Å². The molecule has 3 nitrogen and oxygen atoms in total. The van der Waals surface area contributed by atoms with Crippen LogP contribution in [-0.4, -0.2) is 29.9 Å². The first-order valence-corrected chi connectivity index (χ1v) is 7.07. The Labute approximate surface area is 116 Å². The predicted octanol–water partition coefficient (Wildman–Crippen LogP) is 2.34. The fourth-order valence-corrected chi connectivity index (χ4v) is 2.60. The van der Waals surface area contributed by atoms with Crippen LogP contribution in [0, 0.1) is 5.41 Å². The van der Waals surface area contributed by atoms with Crippen LogP contribution in [0.3, 0.4) is 0 Å². The zero-order valence-corrected chi connectivity index (χ0v) is 12.1. The molecule has 0 bridgehead atoms. The minimum absolute atomic E-state index is 0.129. The third-order valence-corrected chi connectivity index (χ3v) is 4.13. The van der Waals surface area contributed by atoms with Crippen LogP contribution in [0.2, 0.25) is 0 Å². The van der Waals surface area contributed by atoms with E-state index in [1.807, 2.05) is 25.1 Å². The second kappa shape index (κ2) is 6.04. The summed E-state index contributed by atoms with van der Waals surface area (Å²) in [6.07, 6.45) is 1.02. The summed E-state index contributed by atoms with van der Waals surface area (Å²) < 4.78 is 6.01. The number of nitrogens with one attached hydrogen (secondary N) is 1. The molecule has 0 saturated heterocycles. The molecule has 3 atom stereocenters. The fourth-order valence-electron chi connectivity index (χ4n) is 2.60. The second-order valence-electron chi connectivity index (χ2n) is 6.15. The molecule has 1 saturated carbocycles. The van der Waals surface area contributed by atoms with Crippen LogP contribution < -0.4 is 5.32 Å². The topological polar surface area (TPSA) is 41.5 Å². The van der Waals surface area contributed by atoms with E-state index in [4.69, 9.17) is 4.74 Å². The minimum Gasteiger partial charge on any atom is -0.392 e. The highest BCUT2D eigenvalue weighted by Crippen LogP contribution is 2.43. The van der Waals surface area contributed by atoms with Gasteiger partial charge in [-0.15, -0.1) is 0 Å². The summed E-state index contributed by atoms with van der Waals surface area (Å²) in [7, 11) is 0. The summed E-state index contributed by atoms with van der Waals surface area (Å²) in [5.74, 6) is 0. The van der Waals surface area contributed by atoms with Gasteiger partial charge in [-0.25, -0.2) is 0 Å². The smallest absolute Gasteiger partial charge is 0.0720 e. The quantitative estimate of drug-likeness (QED) is 0.828.